The number of esters is 1. The number of carbonyl (C=O) groups is 1. The standard InChI is InChI=1S/C13H18F2N2O2/c1-7(2)4-11(13(18)19-3)17-12-9(14)5-8(16)6-10(12)15/h5-7,11,17H,4,16H2,1-3H3. The van der Waals surface area contributed by atoms with Crippen LogP contribution in [0.5, 0.6) is 0 Å². The van der Waals surface area contributed by atoms with E-state index in [4.69, 9.17) is 5.73 Å². The van der Waals surface area contributed by atoms with Gasteiger partial charge in [-0.2, -0.15) is 0 Å². The quantitative estimate of drug-likeness (QED) is 0.638. The van der Waals surface area contributed by atoms with Gasteiger partial charge in [0.15, 0.2) is 11.6 Å². The van der Waals surface area contributed by atoms with Gasteiger partial charge in [-0.3, -0.25) is 0 Å². The smallest absolute Gasteiger partial charge is 0.328 e. The van der Waals surface area contributed by atoms with Crippen LogP contribution < -0.4 is 11.1 Å². The summed E-state index contributed by atoms with van der Waals surface area (Å²) in [7, 11) is 1.23. The van der Waals surface area contributed by atoms with E-state index >= 15 is 0 Å². The molecule has 106 valence electrons. The summed E-state index contributed by atoms with van der Waals surface area (Å²) in [6.07, 6.45) is 0.399. The first-order valence-electron chi connectivity index (χ1n) is 5.94. The van der Waals surface area contributed by atoms with Crippen LogP contribution in [0.3, 0.4) is 0 Å². The van der Waals surface area contributed by atoms with E-state index in [2.05, 4.69) is 10.1 Å². The fraction of sp³-hybridized carbons (Fsp3) is 0.462. The molecule has 0 aliphatic carbocycles. The van der Waals surface area contributed by atoms with E-state index in [-0.39, 0.29) is 17.3 Å². The van der Waals surface area contributed by atoms with Crippen molar-refractivity contribution in [3.8, 4) is 0 Å². The summed E-state index contributed by atoms with van der Waals surface area (Å²) < 4.78 is 31.9. The minimum absolute atomic E-state index is 0.0148. The molecule has 0 aromatic heterocycles. The minimum atomic E-state index is -0.838. The number of benzene rings is 1. The molecular weight excluding hydrogens is 254 g/mol. The molecule has 1 aromatic rings. The second-order valence-corrected chi connectivity index (χ2v) is 4.71. The van der Waals surface area contributed by atoms with Crippen molar-refractivity contribution in [3.63, 3.8) is 0 Å². The molecule has 0 spiro atoms. The van der Waals surface area contributed by atoms with Gasteiger partial charge in [-0.25, -0.2) is 13.6 Å². The molecule has 1 aromatic carbocycles. The molecule has 4 nitrogen and oxygen atoms in total. The van der Waals surface area contributed by atoms with Crippen LogP contribution in [-0.4, -0.2) is 19.1 Å². The first-order valence-corrected chi connectivity index (χ1v) is 5.94. The van der Waals surface area contributed by atoms with Gasteiger partial charge in [0, 0.05) is 5.69 Å². The Balaban J connectivity index is 2.99. The molecular formula is C13H18F2N2O2. The number of nitrogens with two attached hydrogens (primary N) is 1. The summed E-state index contributed by atoms with van der Waals surface area (Å²) in [6, 6.07) is 1.18. The highest BCUT2D eigenvalue weighted by molar-refractivity contribution is 5.79. The highest BCUT2D eigenvalue weighted by atomic mass is 19.1. The van der Waals surface area contributed by atoms with Gasteiger partial charge in [0.25, 0.3) is 0 Å². The minimum Gasteiger partial charge on any atom is -0.467 e. The van der Waals surface area contributed by atoms with Gasteiger partial charge in [0.05, 0.1) is 7.11 Å². The lowest BCUT2D eigenvalue weighted by Gasteiger charge is -2.20. The summed E-state index contributed by atoms with van der Waals surface area (Å²) >= 11 is 0. The fourth-order valence-electron chi connectivity index (χ4n) is 1.73. The number of rotatable bonds is 5. The Hall–Kier alpha value is -1.85. The normalized spacial score (nSPS) is 12.3. The summed E-state index contributed by atoms with van der Waals surface area (Å²) in [6.45, 7) is 3.79. The number of halogens is 2. The molecule has 0 fully saturated rings. The van der Waals surface area contributed by atoms with E-state index in [1.54, 1.807) is 0 Å². The lowest BCUT2D eigenvalue weighted by molar-refractivity contribution is -0.141. The van der Waals surface area contributed by atoms with Crippen LogP contribution in [0.4, 0.5) is 20.2 Å². The lowest BCUT2D eigenvalue weighted by Crippen LogP contribution is -2.32. The van der Waals surface area contributed by atoms with Crippen LogP contribution in [-0.2, 0) is 9.53 Å². The highest BCUT2D eigenvalue weighted by Crippen LogP contribution is 2.24. The Morgan fingerprint density at radius 3 is 2.32 bits per heavy atom. The Morgan fingerprint density at radius 1 is 1.37 bits per heavy atom. The molecule has 0 amide bonds. The maximum absolute atomic E-state index is 13.6. The Kier molecular flexibility index (Phi) is 5.09. The van der Waals surface area contributed by atoms with E-state index < -0.39 is 23.6 Å². The van der Waals surface area contributed by atoms with Crippen LogP contribution in [0, 0.1) is 17.6 Å². The number of nitrogens with one attached hydrogen (secondary N) is 1. The molecule has 0 heterocycles. The summed E-state index contributed by atoms with van der Waals surface area (Å²) in [5.41, 5.74) is 4.94. The van der Waals surface area contributed by atoms with E-state index in [1.165, 1.54) is 7.11 Å². The van der Waals surface area contributed by atoms with Crippen LogP contribution in [0.25, 0.3) is 0 Å². The topological polar surface area (TPSA) is 64.3 Å². The van der Waals surface area contributed by atoms with Gasteiger partial charge in [-0.15, -0.1) is 0 Å². The molecule has 19 heavy (non-hydrogen) atoms. The summed E-state index contributed by atoms with van der Waals surface area (Å²) in [5.74, 6) is -2.08. The van der Waals surface area contributed by atoms with Gasteiger partial charge in [0.1, 0.15) is 11.7 Å². The van der Waals surface area contributed by atoms with E-state index in [9.17, 15) is 13.6 Å². The monoisotopic (exact) mass is 272 g/mol. The maximum Gasteiger partial charge on any atom is 0.328 e. The van der Waals surface area contributed by atoms with E-state index in [1.807, 2.05) is 13.8 Å². The van der Waals surface area contributed by atoms with Crippen molar-refractivity contribution in [1.29, 1.82) is 0 Å². The average Bonchev–Trinajstić information content (AvgIpc) is 2.30. The number of carbonyl (C=O) groups excluding carboxylic acids is 1. The van der Waals surface area contributed by atoms with E-state index in [0.29, 0.717) is 6.42 Å². The molecule has 6 heteroatoms. The summed E-state index contributed by atoms with van der Waals surface area (Å²) in [4.78, 5) is 11.6. The molecule has 1 rings (SSSR count). The van der Waals surface area contributed by atoms with Crippen LogP contribution in [0.1, 0.15) is 20.3 Å². The van der Waals surface area contributed by atoms with Gasteiger partial charge in [0.2, 0.25) is 0 Å². The van der Waals surface area contributed by atoms with Gasteiger partial charge in [-0.05, 0) is 24.5 Å². The Morgan fingerprint density at radius 2 is 1.89 bits per heavy atom. The predicted octanol–water partition coefficient (Wildman–Crippen LogP) is 2.55. The molecule has 1 unspecified atom stereocenters. The Labute approximate surface area is 110 Å². The lowest BCUT2D eigenvalue weighted by atomic mass is 10.0. The van der Waals surface area contributed by atoms with Gasteiger partial charge >= 0.3 is 5.97 Å². The zero-order valence-electron chi connectivity index (χ0n) is 11.2. The first-order chi connectivity index (χ1) is 8.85. The second kappa shape index (κ2) is 6.36. The third-order valence-electron chi connectivity index (χ3n) is 2.58. The largest absolute Gasteiger partial charge is 0.467 e. The summed E-state index contributed by atoms with van der Waals surface area (Å²) in [5, 5.41) is 2.54. The van der Waals surface area contributed by atoms with Crippen molar-refractivity contribution in [3.05, 3.63) is 23.8 Å². The molecule has 0 radical (unpaired) electrons. The molecule has 0 aliphatic rings. The SMILES string of the molecule is COC(=O)C(CC(C)C)Nc1c(F)cc(N)cc1F. The number of methoxy groups -OCH3 is 1. The molecule has 0 saturated carbocycles. The van der Waals surface area contributed by atoms with Gasteiger partial charge in [-0.1, -0.05) is 13.8 Å². The number of nitrogen functional groups attached to an aromatic ring is 1. The maximum atomic E-state index is 13.6. The van der Waals surface area contributed by atoms with Crippen molar-refractivity contribution in [2.75, 3.05) is 18.2 Å². The molecule has 0 bridgehead atoms. The second-order valence-electron chi connectivity index (χ2n) is 4.71. The molecule has 0 aliphatic heterocycles. The molecule has 3 N–H and O–H groups in total. The Bertz CT molecular complexity index is 441. The number of anilines is 2. The predicted molar refractivity (Wildman–Crippen MR) is 69.7 cm³/mol. The number of hydrogen-bond donors (Lipinski definition) is 2. The van der Waals surface area contributed by atoms with Crippen molar-refractivity contribution in [2.24, 2.45) is 5.92 Å². The fourth-order valence-corrected chi connectivity index (χ4v) is 1.73. The molecule has 0 saturated heterocycles. The molecule has 1 atom stereocenters. The van der Waals surface area contributed by atoms with Crippen LogP contribution >= 0.6 is 0 Å². The van der Waals surface area contributed by atoms with Crippen molar-refractivity contribution >= 4 is 17.3 Å². The zero-order chi connectivity index (χ0) is 14.6. The highest BCUT2D eigenvalue weighted by Gasteiger charge is 2.23. The van der Waals surface area contributed by atoms with Crippen LogP contribution in [0.2, 0.25) is 0 Å². The van der Waals surface area contributed by atoms with Gasteiger partial charge < -0.3 is 15.8 Å². The van der Waals surface area contributed by atoms with E-state index in [0.717, 1.165) is 12.1 Å². The number of hydrogen-bond acceptors (Lipinski definition) is 4. The zero-order valence-corrected chi connectivity index (χ0v) is 11.2. The third-order valence-corrected chi connectivity index (χ3v) is 2.58. The first kappa shape index (κ1) is 15.2. The third kappa shape index (κ3) is 4.08. The number of ether oxygens (including phenoxy) is 1. The average molecular weight is 272 g/mol. The van der Waals surface area contributed by atoms with Crippen LogP contribution in [0.15, 0.2) is 12.1 Å². The van der Waals surface area contributed by atoms with Crippen molar-refractivity contribution in [1.82, 2.24) is 0 Å². The van der Waals surface area contributed by atoms with Crippen molar-refractivity contribution in [2.45, 2.75) is 26.3 Å². The van der Waals surface area contributed by atoms with Crippen molar-refractivity contribution < 1.29 is 18.3 Å².